The standard InChI is InChI=1S/C17H20N2O2/c1-3-5-11-18(10-4-2)12-13-19-16(20)14-8-6-7-9-15(14)17(19)21/h3-9H,2,10-13H2,1H3. The third-order valence-corrected chi connectivity index (χ3v) is 3.50. The molecule has 0 fully saturated rings. The SMILES string of the molecule is C=CCN(CC=CC)CCN1C(=O)c2ccccc2C1=O. The van der Waals surface area contributed by atoms with Crippen LogP contribution >= 0.6 is 0 Å². The van der Waals surface area contributed by atoms with Crippen LogP contribution in [0.1, 0.15) is 27.6 Å². The third kappa shape index (κ3) is 3.28. The van der Waals surface area contributed by atoms with Gasteiger partial charge >= 0.3 is 0 Å². The zero-order chi connectivity index (χ0) is 15.2. The molecule has 0 atom stereocenters. The molecule has 4 heteroatoms. The van der Waals surface area contributed by atoms with E-state index in [2.05, 4.69) is 11.5 Å². The number of benzene rings is 1. The summed E-state index contributed by atoms with van der Waals surface area (Å²) in [6.07, 6.45) is 5.86. The van der Waals surface area contributed by atoms with E-state index in [-0.39, 0.29) is 11.8 Å². The normalized spacial score (nSPS) is 14.3. The lowest BCUT2D eigenvalue weighted by Gasteiger charge is -2.22. The molecule has 0 saturated carbocycles. The average Bonchev–Trinajstić information content (AvgIpc) is 2.75. The highest BCUT2D eigenvalue weighted by Gasteiger charge is 2.34. The second-order valence-corrected chi connectivity index (χ2v) is 4.92. The second-order valence-electron chi connectivity index (χ2n) is 4.92. The van der Waals surface area contributed by atoms with Crippen LogP contribution in [0.2, 0.25) is 0 Å². The smallest absolute Gasteiger partial charge is 0.261 e. The van der Waals surface area contributed by atoms with Gasteiger partial charge in [0.1, 0.15) is 0 Å². The van der Waals surface area contributed by atoms with Gasteiger partial charge in [0.2, 0.25) is 0 Å². The lowest BCUT2D eigenvalue weighted by atomic mass is 10.1. The third-order valence-electron chi connectivity index (χ3n) is 3.50. The zero-order valence-electron chi connectivity index (χ0n) is 12.3. The number of imide groups is 1. The Morgan fingerprint density at radius 3 is 2.29 bits per heavy atom. The first kappa shape index (κ1) is 15.2. The Kier molecular flexibility index (Phi) is 5.06. The molecule has 2 rings (SSSR count). The van der Waals surface area contributed by atoms with Gasteiger partial charge in [0.15, 0.2) is 0 Å². The van der Waals surface area contributed by atoms with Crippen molar-refractivity contribution in [2.45, 2.75) is 6.92 Å². The van der Waals surface area contributed by atoms with Gasteiger partial charge in [-0.05, 0) is 19.1 Å². The number of nitrogens with zero attached hydrogens (tertiary/aromatic N) is 2. The van der Waals surface area contributed by atoms with E-state index in [1.54, 1.807) is 24.3 Å². The average molecular weight is 284 g/mol. The molecule has 1 aliphatic rings. The van der Waals surface area contributed by atoms with E-state index in [0.29, 0.717) is 24.2 Å². The van der Waals surface area contributed by atoms with Gasteiger partial charge in [-0.3, -0.25) is 19.4 Å². The summed E-state index contributed by atoms with van der Waals surface area (Å²) < 4.78 is 0. The molecule has 0 aromatic heterocycles. The molecular weight excluding hydrogens is 264 g/mol. The number of allylic oxidation sites excluding steroid dienone is 1. The molecule has 0 saturated heterocycles. The largest absolute Gasteiger partial charge is 0.294 e. The van der Waals surface area contributed by atoms with E-state index in [0.717, 1.165) is 13.1 Å². The van der Waals surface area contributed by atoms with Crippen molar-refractivity contribution in [2.24, 2.45) is 0 Å². The van der Waals surface area contributed by atoms with E-state index in [9.17, 15) is 9.59 Å². The van der Waals surface area contributed by atoms with Gasteiger partial charge in [-0.2, -0.15) is 0 Å². The van der Waals surface area contributed by atoms with Crippen molar-refractivity contribution in [3.8, 4) is 0 Å². The van der Waals surface area contributed by atoms with Crippen LogP contribution in [-0.4, -0.2) is 47.8 Å². The first-order valence-electron chi connectivity index (χ1n) is 7.08. The molecule has 2 amide bonds. The van der Waals surface area contributed by atoms with Crippen LogP contribution in [0, 0.1) is 0 Å². The lowest BCUT2D eigenvalue weighted by Crippen LogP contribution is -2.38. The number of amides is 2. The van der Waals surface area contributed by atoms with Crippen LogP contribution in [0.25, 0.3) is 0 Å². The minimum Gasteiger partial charge on any atom is -0.294 e. The van der Waals surface area contributed by atoms with E-state index < -0.39 is 0 Å². The molecule has 0 unspecified atom stereocenters. The van der Waals surface area contributed by atoms with E-state index in [1.807, 2.05) is 25.2 Å². The molecule has 0 spiro atoms. The van der Waals surface area contributed by atoms with Crippen molar-refractivity contribution < 1.29 is 9.59 Å². The Hall–Kier alpha value is -2.20. The number of fused-ring (bicyclic) bond motifs is 1. The fraction of sp³-hybridized carbons (Fsp3) is 0.294. The van der Waals surface area contributed by atoms with Crippen molar-refractivity contribution in [1.29, 1.82) is 0 Å². The molecule has 110 valence electrons. The molecule has 0 bridgehead atoms. The monoisotopic (exact) mass is 284 g/mol. The fourth-order valence-corrected chi connectivity index (χ4v) is 2.38. The molecule has 0 aliphatic carbocycles. The number of carbonyl (C=O) groups excluding carboxylic acids is 2. The minimum absolute atomic E-state index is 0.194. The molecule has 21 heavy (non-hydrogen) atoms. The Morgan fingerprint density at radius 1 is 1.14 bits per heavy atom. The summed E-state index contributed by atoms with van der Waals surface area (Å²) in [5.74, 6) is -0.389. The molecule has 1 aromatic rings. The quantitative estimate of drug-likeness (QED) is 0.570. The fourth-order valence-electron chi connectivity index (χ4n) is 2.38. The second kappa shape index (κ2) is 6.99. The highest BCUT2D eigenvalue weighted by molar-refractivity contribution is 6.21. The first-order chi connectivity index (χ1) is 10.2. The summed E-state index contributed by atoms with van der Waals surface area (Å²) >= 11 is 0. The van der Waals surface area contributed by atoms with Crippen molar-refractivity contribution in [2.75, 3.05) is 26.2 Å². The first-order valence-corrected chi connectivity index (χ1v) is 7.08. The predicted molar refractivity (Wildman–Crippen MR) is 83.3 cm³/mol. The maximum atomic E-state index is 12.2. The van der Waals surface area contributed by atoms with Crippen LogP contribution < -0.4 is 0 Å². The van der Waals surface area contributed by atoms with Crippen molar-refractivity contribution in [1.82, 2.24) is 9.80 Å². The van der Waals surface area contributed by atoms with Crippen LogP contribution in [0.15, 0.2) is 49.1 Å². The van der Waals surface area contributed by atoms with Gasteiger partial charge in [-0.15, -0.1) is 6.58 Å². The summed E-state index contributed by atoms with van der Waals surface area (Å²) in [5.41, 5.74) is 1.01. The van der Waals surface area contributed by atoms with Gasteiger partial charge in [0.05, 0.1) is 11.1 Å². The zero-order valence-corrected chi connectivity index (χ0v) is 12.3. The summed E-state index contributed by atoms with van der Waals surface area (Å²) in [6, 6.07) is 6.97. The summed E-state index contributed by atoms with van der Waals surface area (Å²) in [4.78, 5) is 28.0. The molecule has 1 aromatic carbocycles. The summed E-state index contributed by atoms with van der Waals surface area (Å²) in [7, 11) is 0. The molecular formula is C17H20N2O2. The molecule has 0 N–H and O–H groups in total. The van der Waals surface area contributed by atoms with Gasteiger partial charge in [-0.1, -0.05) is 30.4 Å². The Morgan fingerprint density at radius 2 is 1.76 bits per heavy atom. The van der Waals surface area contributed by atoms with Crippen molar-refractivity contribution >= 4 is 11.8 Å². The lowest BCUT2D eigenvalue weighted by molar-refractivity contribution is 0.0640. The van der Waals surface area contributed by atoms with E-state index in [1.165, 1.54) is 4.90 Å². The molecule has 1 aliphatic heterocycles. The van der Waals surface area contributed by atoms with Crippen LogP contribution in [-0.2, 0) is 0 Å². The van der Waals surface area contributed by atoms with Gasteiger partial charge < -0.3 is 0 Å². The minimum atomic E-state index is -0.194. The van der Waals surface area contributed by atoms with Crippen LogP contribution in [0.3, 0.4) is 0 Å². The predicted octanol–water partition coefficient (Wildman–Crippen LogP) is 2.35. The number of rotatable bonds is 7. The maximum Gasteiger partial charge on any atom is 0.261 e. The highest BCUT2D eigenvalue weighted by atomic mass is 16.2. The molecule has 0 radical (unpaired) electrons. The summed E-state index contributed by atoms with van der Waals surface area (Å²) in [6.45, 7) is 8.26. The molecule has 4 nitrogen and oxygen atoms in total. The number of carbonyl (C=O) groups is 2. The Bertz CT molecular complexity index is 543. The van der Waals surface area contributed by atoms with Crippen molar-refractivity contribution in [3.05, 3.63) is 60.2 Å². The van der Waals surface area contributed by atoms with Crippen LogP contribution in [0.4, 0.5) is 0 Å². The molecule has 1 heterocycles. The number of hydrogen-bond donors (Lipinski definition) is 0. The van der Waals surface area contributed by atoms with Crippen molar-refractivity contribution in [3.63, 3.8) is 0 Å². The number of hydrogen-bond acceptors (Lipinski definition) is 3. The Balaban J connectivity index is 2.02. The van der Waals surface area contributed by atoms with Gasteiger partial charge in [0, 0.05) is 26.2 Å². The Labute approximate surface area is 125 Å². The maximum absolute atomic E-state index is 12.2. The highest BCUT2D eigenvalue weighted by Crippen LogP contribution is 2.21. The van der Waals surface area contributed by atoms with E-state index >= 15 is 0 Å². The van der Waals surface area contributed by atoms with E-state index in [4.69, 9.17) is 0 Å². The van der Waals surface area contributed by atoms with Gasteiger partial charge in [0.25, 0.3) is 11.8 Å². The van der Waals surface area contributed by atoms with Crippen LogP contribution in [0.5, 0.6) is 0 Å². The summed E-state index contributed by atoms with van der Waals surface area (Å²) in [5, 5.41) is 0. The topological polar surface area (TPSA) is 40.6 Å². The van der Waals surface area contributed by atoms with Gasteiger partial charge in [-0.25, -0.2) is 0 Å².